The zero-order valence-electron chi connectivity index (χ0n) is 19.0. The lowest BCUT2D eigenvalue weighted by Crippen LogP contribution is -2.14. The van der Waals surface area contributed by atoms with E-state index in [1.165, 1.54) is 12.4 Å². The first-order valence-electron chi connectivity index (χ1n) is 10.9. The standard InChI is InChI=1S/C22H27N7O3S/c1-5-14(3)29-20-10-18(24-12-19(20)27-22(29)15(4)30)9-17-7-8-23-21(26-17)16-11-25-28(13-16)33(31,32)6-2/h7-8,10-15,30H,5-6,9H2,1-4H3/t14-,15-/m1/s1. The third kappa shape index (κ3) is 4.51. The van der Waals surface area contributed by atoms with Crippen LogP contribution in [0.2, 0.25) is 0 Å². The van der Waals surface area contributed by atoms with Gasteiger partial charge in [0.1, 0.15) is 17.4 Å². The lowest BCUT2D eigenvalue weighted by Gasteiger charge is -2.17. The Labute approximate surface area is 192 Å². The lowest BCUT2D eigenvalue weighted by molar-refractivity contribution is 0.182. The fourth-order valence-electron chi connectivity index (χ4n) is 3.62. The van der Waals surface area contributed by atoms with Crippen LogP contribution in [0.3, 0.4) is 0 Å². The van der Waals surface area contributed by atoms with Crippen LogP contribution in [0.1, 0.15) is 63.5 Å². The van der Waals surface area contributed by atoms with Gasteiger partial charge in [0.25, 0.3) is 10.0 Å². The fourth-order valence-corrected chi connectivity index (χ4v) is 4.35. The predicted octanol–water partition coefficient (Wildman–Crippen LogP) is 2.90. The molecular formula is C22H27N7O3S. The van der Waals surface area contributed by atoms with Gasteiger partial charge in [0.15, 0.2) is 5.82 Å². The topological polar surface area (TPSA) is 129 Å². The van der Waals surface area contributed by atoms with Gasteiger partial charge in [-0.3, -0.25) is 4.98 Å². The number of aliphatic hydroxyl groups is 1. The van der Waals surface area contributed by atoms with Crippen LogP contribution in [-0.2, 0) is 16.4 Å². The summed E-state index contributed by atoms with van der Waals surface area (Å²) in [4.78, 5) is 18.0. The van der Waals surface area contributed by atoms with E-state index in [2.05, 4.69) is 43.4 Å². The number of hydrogen-bond donors (Lipinski definition) is 1. The second-order valence-corrected chi connectivity index (χ2v) is 10.1. The van der Waals surface area contributed by atoms with Crippen LogP contribution in [0.25, 0.3) is 22.4 Å². The molecule has 0 radical (unpaired) electrons. The van der Waals surface area contributed by atoms with Gasteiger partial charge in [-0.25, -0.2) is 23.4 Å². The highest BCUT2D eigenvalue weighted by atomic mass is 32.2. The molecule has 33 heavy (non-hydrogen) atoms. The molecule has 0 aliphatic heterocycles. The number of imidazole rings is 1. The molecule has 0 saturated heterocycles. The summed E-state index contributed by atoms with van der Waals surface area (Å²) in [6.45, 7) is 7.48. The molecule has 4 aromatic rings. The molecule has 4 heterocycles. The number of hydrogen-bond acceptors (Lipinski definition) is 8. The maximum atomic E-state index is 12.0. The van der Waals surface area contributed by atoms with Crippen LogP contribution >= 0.6 is 0 Å². The molecule has 0 fully saturated rings. The average Bonchev–Trinajstić information content (AvgIpc) is 3.44. The van der Waals surface area contributed by atoms with Gasteiger partial charge in [-0.1, -0.05) is 6.92 Å². The molecule has 2 atom stereocenters. The zero-order valence-corrected chi connectivity index (χ0v) is 19.9. The van der Waals surface area contributed by atoms with Gasteiger partial charge in [-0.15, -0.1) is 0 Å². The smallest absolute Gasteiger partial charge is 0.253 e. The zero-order chi connectivity index (χ0) is 23.8. The molecule has 0 aromatic carbocycles. The summed E-state index contributed by atoms with van der Waals surface area (Å²) in [7, 11) is -3.47. The molecule has 11 heteroatoms. The Bertz CT molecular complexity index is 1390. The van der Waals surface area contributed by atoms with Gasteiger partial charge in [0.2, 0.25) is 0 Å². The van der Waals surface area contributed by atoms with Gasteiger partial charge < -0.3 is 9.67 Å². The summed E-state index contributed by atoms with van der Waals surface area (Å²) in [5.74, 6) is 0.974. The number of rotatable bonds is 8. The van der Waals surface area contributed by atoms with Gasteiger partial charge >= 0.3 is 0 Å². The van der Waals surface area contributed by atoms with Crippen molar-refractivity contribution < 1.29 is 13.5 Å². The van der Waals surface area contributed by atoms with Crippen molar-refractivity contribution in [3.63, 3.8) is 0 Å². The summed E-state index contributed by atoms with van der Waals surface area (Å²) in [5, 5.41) is 14.1. The number of aromatic nitrogens is 7. The first-order chi connectivity index (χ1) is 15.7. The summed E-state index contributed by atoms with van der Waals surface area (Å²) in [5.41, 5.74) is 3.73. The number of nitrogens with zero attached hydrogens (tertiary/aromatic N) is 7. The van der Waals surface area contributed by atoms with Crippen molar-refractivity contribution in [2.45, 2.75) is 52.7 Å². The molecule has 4 aromatic heterocycles. The third-order valence-electron chi connectivity index (χ3n) is 5.61. The highest BCUT2D eigenvalue weighted by Crippen LogP contribution is 2.27. The third-order valence-corrected chi connectivity index (χ3v) is 7.11. The summed E-state index contributed by atoms with van der Waals surface area (Å²) >= 11 is 0. The molecule has 0 aliphatic rings. The number of pyridine rings is 1. The van der Waals surface area contributed by atoms with Gasteiger partial charge in [-0.05, 0) is 39.3 Å². The highest BCUT2D eigenvalue weighted by Gasteiger charge is 2.19. The minimum Gasteiger partial charge on any atom is -0.385 e. The Morgan fingerprint density at radius 3 is 2.58 bits per heavy atom. The second-order valence-electron chi connectivity index (χ2n) is 7.99. The van der Waals surface area contributed by atoms with Gasteiger partial charge in [0.05, 0.1) is 41.1 Å². The van der Waals surface area contributed by atoms with Crippen LogP contribution < -0.4 is 0 Å². The summed E-state index contributed by atoms with van der Waals surface area (Å²) < 4.78 is 27.1. The molecule has 0 aliphatic carbocycles. The molecule has 0 unspecified atom stereocenters. The fraction of sp³-hybridized carbons (Fsp3) is 0.409. The quantitative estimate of drug-likeness (QED) is 0.417. The van der Waals surface area contributed by atoms with Crippen molar-refractivity contribution in [1.82, 2.24) is 33.7 Å². The largest absolute Gasteiger partial charge is 0.385 e. The van der Waals surface area contributed by atoms with Crippen LogP contribution in [0, 0.1) is 0 Å². The van der Waals surface area contributed by atoms with Gasteiger partial charge in [-0.2, -0.15) is 9.19 Å². The Balaban J connectivity index is 1.67. The van der Waals surface area contributed by atoms with E-state index in [0.717, 1.165) is 32.9 Å². The summed E-state index contributed by atoms with van der Waals surface area (Å²) in [6, 6.07) is 3.96. The molecule has 174 valence electrons. The van der Waals surface area contributed by atoms with E-state index in [9.17, 15) is 13.5 Å². The molecule has 10 nitrogen and oxygen atoms in total. The highest BCUT2D eigenvalue weighted by molar-refractivity contribution is 7.89. The van der Waals surface area contributed by atoms with Crippen molar-refractivity contribution in [1.29, 1.82) is 0 Å². The Morgan fingerprint density at radius 1 is 1.09 bits per heavy atom. The molecule has 1 N–H and O–H groups in total. The lowest BCUT2D eigenvalue weighted by atomic mass is 10.2. The first kappa shape index (κ1) is 23.0. The maximum absolute atomic E-state index is 12.0. The van der Waals surface area contributed by atoms with Crippen LogP contribution in [0.4, 0.5) is 0 Å². The minimum absolute atomic E-state index is 0.0484. The second kappa shape index (κ2) is 8.99. The molecular weight excluding hydrogens is 442 g/mol. The Kier molecular flexibility index (Phi) is 6.26. The van der Waals surface area contributed by atoms with Crippen LogP contribution in [0.5, 0.6) is 0 Å². The first-order valence-corrected chi connectivity index (χ1v) is 12.5. The van der Waals surface area contributed by atoms with Crippen molar-refractivity contribution in [3.05, 3.63) is 54.1 Å². The van der Waals surface area contributed by atoms with E-state index in [0.29, 0.717) is 23.6 Å². The Morgan fingerprint density at radius 2 is 1.88 bits per heavy atom. The minimum atomic E-state index is -3.47. The van der Waals surface area contributed by atoms with Gasteiger partial charge in [0, 0.05) is 24.4 Å². The van der Waals surface area contributed by atoms with E-state index < -0.39 is 16.1 Å². The van der Waals surface area contributed by atoms with Crippen LogP contribution in [0.15, 0.2) is 36.9 Å². The molecule has 0 saturated carbocycles. The van der Waals surface area contributed by atoms with Crippen molar-refractivity contribution >= 4 is 21.1 Å². The number of aliphatic hydroxyl groups excluding tert-OH is 1. The molecule has 0 amide bonds. The van der Waals surface area contributed by atoms with E-state index in [1.54, 1.807) is 32.3 Å². The van der Waals surface area contributed by atoms with Crippen molar-refractivity contribution in [2.75, 3.05) is 5.75 Å². The predicted molar refractivity (Wildman–Crippen MR) is 124 cm³/mol. The SMILES string of the molecule is CC[C@@H](C)n1c([C@@H](C)O)nc2cnc(Cc3ccnc(-c4cnn(S(=O)(=O)CC)c4)n3)cc21. The normalized spacial score (nSPS) is 14.0. The maximum Gasteiger partial charge on any atom is 0.253 e. The van der Waals surface area contributed by atoms with Crippen molar-refractivity contribution in [3.8, 4) is 11.4 Å². The van der Waals surface area contributed by atoms with Crippen molar-refractivity contribution in [2.24, 2.45) is 0 Å². The molecule has 0 bridgehead atoms. The van der Waals surface area contributed by atoms with E-state index in [4.69, 9.17) is 0 Å². The van der Waals surface area contributed by atoms with E-state index in [1.807, 2.05) is 6.07 Å². The van der Waals surface area contributed by atoms with Crippen LogP contribution in [-0.4, -0.2) is 53.0 Å². The summed E-state index contributed by atoms with van der Waals surface area (Å²) in [6.07, 6.45) is 6.90. The monoisotopic (exact) mass is 469 g/mol. The Hall–Kier alpha value is -3.18. The van der Waals surface area contributed by atoms with E-state index >= 15 is 0 Å². The number of fused-ring (bicyclic) bond motifs is 1. The average molecular weight is 470 g/mol. The molecule has 0 spiro atoms. The van der Waals surface area contributed by atoms with E-state index in [-0.39, 0.29) is 11.8 Å². The molecule has 4 rings (SSSR count).